The van der Waals surface area contributed by atoms with Crippen LogP contribution in [0.5, 0.6) is 0 Å². The van der Waals surface area contributed by atoms with Gasteiger partial charge in [0.25, 0.3) is 0 Å². The predicted molar refractivity (Wildman–Crippen MR) is 94.3 cm³/mol. The Balaban J connectivity index is 1.73. The Bertz CT molecular complexity index is 1090. The summed E-state index contributed by atoms with van der Waals surface area (Å²) in [6, 6.07) is 16.6. The molecule has 0 spiro atoms. The molecule has 4 rings (SSSR count). The first-order chi connectivity index (χ1) is 13.0. The average Bonchev–Trinajstić information content (AvgIpc) is 3.16. The van der Waals surface area contributed by atoms with Crippen LogP contribution in [0.1, 0.15) is 0 Å². The molecule has 0 aliphatic heterocycles. The van der Waals surface area contributed by atoms with Crippen LogP contribution in [0.25, 0.3) is 28.1 Å². The summed E-state index contributed by atoms with van der Waals surface area (Å²) in [7, 11) is 0. The van der Waals surface area contributed by atoms with Gasteiger partial charge in [-0.25, -0.2) is 22.2 Å². The van der Waals surface area contributed by atoms with Crippen LogP contribution in [0.15, 0.2) is 72.9 Å². The number of aromatic nitrogens is 2. The van der Waals surface area contributed by atoms with Crippen LogP contribution in [-0.2, 0) is 0 Å². The van der Waals surface area contributed by atoms with E-state index >= 15 is 0 Å². The summed E-state index contributed by atoms with van der Waals surface area (Å²) in [6.45, 7) is 0. The number of hydrogen-bond acceptors (Lipinski definition) is 1. The maximum absolute atomic E-state index is 14.1. The summed E-state index contributed by atoms with van der Waals surface area (Å²) < 4.78 is 55.7. The second-order valence-corrected chi connectivity index (χ2v) is 5.91. The fourth-order valence-electron chi connectivity index (χ4n) is 2.90. The van der Waals surface area contributed by atoms with E-state index in [-0.39, 0.29) is 11.4 Å². The standard InChI is InChI=1S/C21H12F4N2/c22-17-4-2-1-3-16(17)20-9-10-26-27(20)15-7-5-13(6-8-15)14-11-18(23)21(25)19(24)12-14/h1-12H. The minimum absolute atomic E-state index is 0.216. The predicted octanol–water partition coefficient (Wildman–Crippen LogP) is 5.76. The molecule has 1 heterocycles. The zero-order valence-corrected chi connectivity index (χ0v) is 13.8. The Labute approximate surface area is 152 Å². The quantitative estimate of drug-likeness (QED) is 0.332. The molecule has 0 N–H and O–H groups in total. The lowest BCUT2D eigenvalue weighted by Crippen LogP contribution is -2.00. The maximum atomic E-state index is 14.1. The van der Waals surface area contributed by atoms with Crippen LogP contribution in [0.4, 0.5) is 17.6 Å². The van der Waals surface area contributed by atoms with Gasteiger partial charge in [0.15, 0.2) is 17.5 Å². The van der Waals surface area contributed by atoms with E-state index in [1.165, 1.54) is 6.07 Å². The molecule has 0 atom stereocenters. The molecular formula is C21H12F4N2. The topological polar surface area (TPSA) is 17.8 Å². The van der Waals surface area contributed by atoms with Gasteiger partial charge >= 0.3 is 0 Å². The van der Waals surface area contributed by atoms with E-state index in [0.29, 0.717) is 22.5 Å². The lowest BCUT2D eigenvalue weighted by molar-refractivity contribution is 0.448. The molecular weight excluding hydrogens is 356 g/mol. The number of benzene rings is 3. The van der Waals surface area contributed by atoms with Gasteiger partial charge in [0.1, 0.15) is 5.82 Å². The van der Waals surface area contributed by atoms with Crippen molar-refractivity contribution >= 4 is 0 Å². The van der Waals surface area contributed by atoms with Crippen LogP contribution >= 0.6 is 0 Å². The van der Waals surface area contributed by atoms with Crippen molar-refractivity contribution in [3.63, 3.8) is 0 Å². The van der Waals surface area contributed by atoms with Gasteiger partial charge in [-0.3, -0.25) is 0 Å². The van der Waals surface area contributed by atoms with Gasteiger partial charge in [0.05, 0.1) is 17.6 Å². The molecule has 4 aromatic rings. The first-order valence-electron chi connectivity index (χ1n) is 8.09. The molecule has 0 saturated heterocycles. The first kappa shape index (κ1) is 17.0. The Kier molecular flexibility index (Phi) is 4.24. The van der Waals surface area contributed by atoms with Gasteiger partial charge in [-0.15, -0.1) is 0 Å². The van der Waals surface area contributed by atoms with Crippen LogP contribution in [0.2, 0.25) is 0 Å². The SMILES string of the molecule is Fc1ccccc1-c1ccnn1-c1ccc(-c2cc(F)c(F)c(F)c2)cc1. The number of halogens is 4. The Morgan fingerprint density at radius 2 is 1.33 bits per heavy atom. The minimum atomic E-state index is -1.50. The van der Waals surface area contributed by atoms with Crippen LogP contribution < -0.4 is 0 Å². The number of rotatable bonds is 3. The molecule has 0 fully saturated rings. The third-order valence-corrected chi connectivity index (χ3v) is 4.22. The Hall–Kier alpha value is -3.41. The summed E-state index contributed by atoms with van der Waals surface area (Å²) in [4.78, 5) is 0. The van der Waals surface area contributed by atoms with Crippen LogP contribution in [-0.4, -0.2) is 9.78 Å². The zero-order chi connectivity index (χ0) is 19.0. The van der Waals surface area contributed by atoms with E-state index in [1.54, 1.807) is 59.4 Å². The maximum Gasteiger partial charge on any atom is 0.194 e. The van der Waals surface area contributed by atoms with Gasteiger partial charge in [0.2, 0.25) is 0 Å². The molecule has 27 heavy (non-hydrogen) atoms. The van der Waals surface area contributed by atoms with E-state index in [4.69, 9.17) is 0 Å². The number of nitrogens with zero attached hydrogens (tertiary/aromatic N) is 2. The molecule has 0 amide bonds. The molecule has 1 aromatic heterocycles. The van der Waals surface area contributed by atoms with Gasteiger partial charge in [-0.1, -0.05) is 24.3 Å². The highest BCUT2D eigenvalue weighted by atomic mass is 19.2. The summed E-state index contributed by atoms with van der Waals surface area (Å²) in [5.41, 5.74) is 2.34. The molecule has 0 radical (unpaired) electrons. The second-order valence-electron chi connectivity index (χ2n) is 5.91. The lowest BCUT2D eigenvalue weighted by Gasteiger charge is -2.10. The third kappa shape index (κ3) is 3.10. The highest BCUT2D eigenvalue weighted by Crippen LogP contribution is 2.28. The van der Waals surface area contributed by atoms with Crippen molar-refractivity contribution in [3.05, 3.63) is 96.2 Å². The van der Waals surface area contributed by atoms with Crippen molar-refractivity contribution in [2.45, 2.75) is 0 Å². The summed E-state index contributed by atoms with van der Waals surface area (Å²) >= 11 is 0. The summed E-state index contributed by atoms with van der Waals surface area (Å²) in [6.07, 6.45) is 1.56. The summed E-state index contributed by atoms with van der Waals surface area (Å²) in [5, 5.41) is 4.23. The van der Waals surface area contributed by atoms with Crippen molar-refractivity contribution in [3.8, 4) is 28.1 Å². The highest BCUT2D eigenvalue weighted by Gasteiger charge is 2.13. The fourth-order valence-corrected chi connectivity index (χ4v) is 2.90. The molecule has 3 aromatic carbocycles. The van der Waals surface area contributed by atoms with Crippen molar-refractivity contribution in [2.24, 2.45) is 0 Å². The summed E-state index contributed by atoms with van der Waals surface area (Å²) in [5.74, 6) is -4.36. The smallest absolute Gasteiger partial charge is 0.194 e. The zero-order valence-electron chi connectivity index (χ0n) is 13.8. The van der Waals surface area contributed by atoms with E-state index in [1.807, 2.05) is 0 Å². The highest BCUT2D eigenvalue weighted by molar-refractivity contribution is 5.67. The van der Waals surface area contributed by atoms with Gasteiger partial charge < -0.3 is 0 Å². The van der Waals surface area contributed by atoms with Crippen molar-refractivity contribution < 1.29 is 17.6 Å². The van der Waals surface area contributed by atoms with Gasteiger partial charge in [0, 0.05) is 5.56 Å². The monoisotopic (exact) mass is 368 g/mol. The van der Waals surface area contributed by atoms with E-state index in [2.05, 4.69) is 5.10 Å². The Morgan fingerprint density at radius 1 is 0.667 bits per heavy atom. The van der Waals surface area contributed by atoms with E-state index < -0.39 is 17.5 Å². The second kappa shape index (κ2) is 6.72. The average molecular weight is 368 g/mol. The molecule has 0 aliphatic rings. The van der Waals surface area contributed by atoms with Gasteiger partial charge in [-0.2, -0.15) is 5.10 Å². The van der Waals surface area contributed by atoms with E-state index in [0.717, 1.165) is 12.1 Å². The van der Waals surface area contributed by atoms with Crippen molar-refractivity contribution in [1.29, 1.82) is 0 Å². The molecule has 134 valence electrons. The van der Waals surface area contributed by atoms with Crippen LogP contribution in [0, 0.1) is 23.3 Å². The number of hydrogen-bond donors (Lipinski definition) is 0. The van der Waals surface area contributed by atoms with E-state index in [9.17, 15) is 17.6 Å². The molecule has 0 aliphatic carbocycles. The van der Waals surface area contributed by atoms with Crippen molar-refractivity contribution in [1.82, 2.24) is 9.78 Å². The fraction of sp³-hybridized carbons (Fsp3) is 0. The third-order valence-electron chi connectivity index (χ3n) is 4.22. The lowest BCUT2D eigenvalue weighted by atomic mass is 10.0. The molecule has 0 unspecified atom stereocenters. The van der Waals surface area contributed by atoms with Crippen LogP contribution in [0.3, 0.4) is 0 Å². The molecule has 2 nitrogen and oxygen atoms in total. The van der Waals surface area contributed by atoms with Crippen molar-refractivity contribution in [2.75, 3.05) is 0 Å². The first-order valence-corrected chi connectivity index (χ1v) is 8.09. The minimum Gasteiger partial charge on any atom is -0.233 e. The molecule has 0 bridgehead atoms. The largest absolute Gasteiger partial charge is 0.233 e. The van der Waals surface area contributed by atoms with Gasteiger partial charge in [-0.05, 0) is 53.6 Å². The Morgan fingerprint density at radius 3 is 2.00 bits per heavy atom. The normalized spacial score (nSPS) is 11.0. The molecule has 0 saturated carbocycles. The molecule has 6 heteroatoms.